The molecule has 28 heavy (non-hydrogen) atoms. The summed E-state index contributed by atoms with van der Waals surface area (Å²) in [5, 5.41) is 1.99. The fourth-order valence-electron chi connectivity index (χ4n) is 2.90. The van der Waals surface area contributed by atoms with E-state index in [1.807, 2.05) is 5.32 Å². The molecule has 0 saturated carbocycles. The average Bonchev–Trinajstić information content (AvgIpc) is 3.05. The molecule has 0 aliphatic carbocycles. The Balaban J connectivity index is 3.01. The lowest BCUT2D eigenvalue weighted by atomic mass is 9.95. The molecular weight excluding hydrogens is 389 g/mol. The van der Waals surface area contributed by atoms with Crippen LogP contribution in [0.3, 0.4) is 0 Å². The molecule has 0 radical (unpaired) electrons. The van der Waals surface area contributed by atoms with E-state index in [0.717, 1.165) is 0 Å². The van der Waals surface area contributed by atoms with Gasteiger partial charge in [0.2, 0.25) is 17.6 Å². The van der Waals surface area contributed by atoms with Crippen LogP contribution in [0.2, 0.25) is 0 Å². The van der Waals surface area contributed by atoms with Crippen LogP contribution < -0.4 is 11.1 Å². The van der Waals surface area contributed by atoms with Crippen molar-refractivity contribution >= 4 is 17.6 Å². The van der Waals surface area contributed by atoms with Gasteiger partial charge in [-0.1, -0.05) is 27.7 Å². The van der Waals surface area contributed by atoms with Crippen molar-refractivity contribution in [2.45, 2.75) is 70.8 Å². The van der Waals surface area contributed by atoms with Gasteiger partial charge in [-0.3, -0.25) is 14.4 Å². The van der Waals surface area contributed by atoms with Gasteiger partial charge in [0.1, 0.15) is 6.04 Å². The van der Waals surface area contributed by atoms with E-state index in [9.17, 15) is 36.3 Å². The number of nitrogens with one attached hydrogen (secondary N) is 1. The Labute approximate surface area is 160 Å². The van der Waals surface area contributed by atoms with Crippen molar-refractivity contribution in [1.29, 1.82) is 0 Å². The lowest BCUT2D eigenvalue weighted by Gasteiger charge is -2.31. The zero-order valence-corrected chi connectivity index (χ0v) is 16.1. The highest BCUT2D eigenvalue weighted by atomic mass is 19.4. The number of hydrogen-bond acceptors (Lipinski definition) is 4. The number of rotatable bonds is 7. The van der Waals surface area contributed by atoms with Crippen LogP contribution in [0.1, 0.15) is 40.5 Å². The summed E-state index contributed by atoms with van der Waals surface area (Å²) in [7, 11) is 0. The number of ketones is 1. The van der Waals surface area contributed by atoms with Crippen molar-refractivity contribution in [2.75, 3.05) is 6.54 Å². The van der Waals surface area contributed by atoms with Crippen molar-refractivity contribution < 1.29 is 36.3 Å². The molecule has 1 fully saturated rings. The van der Waals surface area contributed by atoms with Gasteiger partial charge in [0, 0.05) is 6.54 Å². The van der Waals surface area contributed by atoms with E-state index in [4.69, 9.17) is 5.73 Å². The maximum absolute atomic E-state index is 13.5. The standard InChI is InChI=1S/C17H26F5N3O3/c1-8(2)11(23)15(28)25-7-5-6-10(25)14(27)24-12(9(3)4)13(26)16(18,19)17(20,21)22/h8-12H,5-7,23H2,1-4H3,(H,24,27)/t10-,11+,12?/m0/s1. The van der Waals surface area contributed by atoms with Crippen LogP contribution in [0.5, 0.6) is 0 Å². The minimum absolute atomic E-state index is 0.192. The Bertz CT molecular complexity index is 607. The van der Waals surface area contributed by atoms with Gasteiger partial charge < -0.3 is 16.0 Å². The number of alkyl halides is 5. The molecule has 1 aliphatic rings. The van der Waals surface area contributed by atoms with E-state index < -0.39 is 53.7 Å². The van der Waals surface area contributed by atoms with Gasteiger partial charge in [0.25, 0.3) is 0 Å². The number of hydrogen-bond donors (Lipinski definition) is 2. The van der Waals surface area contributed by atoms with E-state index in [-0.39, 0.29) is 18.9 Å². The maximum atomic E-state index is 13.5. The smallest absolute Gasteiger partial charge is 0.344 e. The molecule has 0 aromatic rings. The van der Waals surface area contributed by atoms with Crippen LogP contribution in [0, 0.1) is 11.8 Å². The highest BCUT2D eigenvalue weighted by Crippen LogP contribution is 2.37. The summed E-state index contributed by atoms with van der Waals surface area (Å²) in [5.74, 6) is -10.7. The summed E-state index contributed by atoms with van der Waals surface area (Å²) in [6.45, 7) is 6.10. The summed E-state index contributed by atoms with van der Waals surface area (Å²) in [6.07, 6.45) is -5.44. The minimum atomic E-state index is -6.07. The van der Waals surface area contributed by atoms with E-state index >= 15 is 0 Å². The third-order valence-electron chi connectivity index (χ3n) is 4.75. The maximum Gasteiger partial charge on any atom is 0.461 e. The van der Waals surface area contributed by atoms with Crippen molar-refractivity contribution in [3.63, 3.8) is 0 Å². The number of Topliss-reactive ketones (excluding diaryl/α,β-unsaturated/α-hetero) is 1. The molecule has 3 atom stereocenters. The molecule has 6 nitrogen and oxygen atoms in total. The predicted octanol–water partition coefficient (Wildman–Crippen LogP) is 1.87. The Morgan fingerprint density at radius 3 is 2.00 bits per heavy atom. The summed E-state index contributed by atoms with van der Waals surface area (Å²) in [6, 6.07) is -4.02. The third kappa shape index (κ3) is 4.98. The molecule has 11 heteroatoms. The van der Waals surface area contributed by atoms with Crippen LogP contribution in [-0.2, 0) is 14.4 Å². The average molecular weight is 415 g/mol. The SMILES string of the molecule is CC(C)C(NC(=O)[C@@H]1CCCN1C(=O)[C@H](N)C(C)C)C(=O)C(F)(F)C(F)(F)F. The second-order valence-electron chi connectivity index (χ2n) is 7.63. The van der Waals surface area contributed by atoms with E-state index in [2.05, 4.69) is 0 Å². The summed E-state index contributed by atoms with van der Waals surface area (Å²) >= 11 is 0. The van der Waals surface area contributed by atoms with Gasteiger partial charge in [-0.05, 0) is 24.7 Å². The molecule has 2 amide bonds. The molecule has 0 spiro atoms. The predicted molar refractivity (Wildman–Crippen MR) is 90.3 cm³/mol. The van der Waals surface area contributed by atoms with Crippen LogP contribution in [0.15, 0.2) is 0 Å². The van der Waals surface area contributed by atoms with Crippen LogP contribution >= 0.6 is 0 Å². The molecule has 1 saturated heterocycles. The fourth-order valence-corrected chi connectivity index (χ4v) is 2.90. The van der Waals surface area contributed by atoms with Gasteiger partial charge in [-0.25, -0.2) is 0 Å². The molecule has 1 aliphatic heterocycles. The minimum Gasteiger partial charge on any atom is -0.344 e. The Hall–Kier alpha value is -1.78. The molecule has 1 unspecified atom stereocenters. The second kappa shape index (κ2) is 8.71. The van der Waals surface area contributed by atoms with E-state index in [1.54, 1.807) is 13.8 Å². The number of likely N-dealkylation sites (tertiary alicyclic amines) is 1. The topological polar surface area (TPSA) is 92.5 Å². The third-order valence-corrected chi connectivity index (χ3v) is 4.75. The second-order valence-corrected chi connectivity index (χ2v) is 7.63. The first kappa shape index (κ1) is 24.3. The lowest BCUT2D eigenvalue weighted by molar-refractivity contribution is -0.270. The van der Waals surface area contributed by atoms with Crippen molar-refractivity contribution in [1.82, 2.24) is 10.2 Å². The van der Waals surface area contributed by atoms with Gasteiger partial charge in [-0.15, -0.1) is 0 Å². The van der Waals surface area contributed by atoms with Gasteiger partial charge in [0.05, 0.1) is 12.1 Å². The zero-order valence-electron chi connectivity index (χ0n) is 16.1. The molecule has 0 aromatic heterocycles. The van der Waals surface area contributed by atoms with Crippen LogP contribution in [-0.4, -0.2) is 59.3 Å². The first-order valence-electron chi connectivity index (χ1n) is 8.98. The van der Waals surface area contributed by atoms with Gasteiger partial charge >= 0.3 is 12.1 Å². The Kier molecular flexibility index (Phi) is 7.54. The highest BCUT2D eigenvalue weighted by molar-refractivity contribution is 5.97. The summed E-state index contributed by atoms with van der Waals surface area (Å²) in [4.78, 5) is 38.0. The van der Waals surface area contributed by atoms with Crippen LogP contribution in [0.25, 0.3) is 0 Å². The normalized spacial score (nSPS) is 20.4. The molecule has 1 heterocycles. The Morgan fingerprint density at radius 1 is 1.04 bits per heavy atom. The molecule has 3 N–H and O–H groups in total. The molecule has 0 aromatic carbocycles. The van der Waals surface area contributed by atoms with E-state index in [0.29, 0.717) is 6.42 Å². The number of nitrogens with zero attached hydrogens (tertiary/aromatic N) is 1. The quantitative estimate of drug-likeness (QED) is 0.621. The van der Waals surface area contributed by atoms with E-state index in [1.165, 1.54) is 18.7 Å². The van der Waals surface area contributed by atoms with Crippen molar-refractivity contribution in [3.8, 4) is 0 Å². The van der Waals surface area contributed by atoms with Crippen molar-refractivity contribution in [2.24, 2.45) is 17.6 Å². The lowest BCUT2D eigenvalue weighted by Crippen LogP contribution is -2.59. The zero-order chi connectivity index (χ0) is 22.0. The molecule has 0 bridgehead atoms. The number of carbonyl (C=O) groups excluding carboxylic acids is 3. The number of halogens is 5. The summed E-state index contributed by atoms with van der Waals surface area (Å²) in [5.41, 5.74) is 5.80. The monoisotopic (exact) mass is 415 g/mol. The molecular formula is C17H26F5N3O3. The Morgan fingerprint density at radius 2 is 1.57 bits per heavy atom. The fraction of sp³-hybridized carbons (Fsp3) is 0.824. The largest absolute Gasteiger partial charge is 0.461 e. The number of carbonyl (C=O) groups is 3. The van der Waals surface area contributed by atoms with Gasteiger partial charge in [0.15, 0.2) is 0 Å². The summed E-state index contributed by atoms with van der Waals surface area (Å²) < 4.78 is 64.5. The first-order valence-corrected chi connectivity index (χ1v) is 8.98. The number of nitrogens with two attached hydrogens (primary N) is 1. The van der Waals surface area contributed by atoms with Crippen molar-refractivity contribution in [3.05, 3.63) is 0 Å². The first-order chi connectivity index (χ1) is 12.6. The highest BCUT2D eigenvalue weighted by Gasteiger charge is 2.64. The number of amides is 2. The molecule has 1 rings (SSSR count). The van der Waals surface area contributed by atoms with Crippen LogP contribution in [0.4, 0.5) is 22.0 Å². The van der Waals surface area contributed by atoms with Gasteiger partial charge in [-0.2, -0.15) is 22.0 Å². The molecule has 162 valence electrons.